The van der Waals surface area contributed by atoms with Gasteiger partial charge < -0.3 is 15.0 Å². The number of likely N-dealkylation sites (tertiary alicyclic amines) is 1. The second kappa shape index (κ2) is 8.43. The van der Waals surface area contributed by atoms with Crippen molar-refractivity contribution in [2.24, 2.45) is 7.05 Å². The van der Waals surface area contributed by atoms with Crippen molar-refractivity contribution in [3.8, 4) is 0 Å². The molecule has 0 bridgehead atoms. The Kier molecular flexibility index (Phi) is 5.45. The third kappa shape index (κ3) is 4.13. The number of amides is 2. The van der Waals surface area contributed by atoms with Crippen molar-refractivity contribution in [1.29, 1.82) is 0 Å². The lowest BCUT2D eigenvalue weighted by Crippen LogP contribution is -2.55. The molecule has 1 N–H and O–H groups in total. The van der Waals surface area contributed by atoms with Crippen LogP contribution in [0, 0.1) is 6.92 Å². The van der Waals surface area contributed by atoms with Crippen molar-refractivity contribution in [2.45, 2.75) is 45.1 Å². The van der Waals surface area contributed by atoms with Crippen molar-refractivity contribution in [3.63, 3.8) is 0 Å². The Bertz CT molecular complexity index is 1190. The smallest absolute Gasteiger partial charge is 0.272 e. The van der Waals surface area contributed by atoms with Crippen LogP contribution in [0.5, 0.6) is 0 Å². The van der Waals surface area contributed by atoms with E-state index in [-0.39, 0.29) is 18.4 Å². The molecule has 10 heteroatoms. The van der Waals surface area contributed by atoms with E-state index in [1.165, 1.54) is 0 Å². The zero-order chi connectivity index (χ0) is 23.0. The molecule has 1 spiro atoms. The Labute approximate surface area is 191 Å². The largest absolute Gasteiger partial charge is 0.365 e. The molecule has 3 aromatic rings. The molecular formula is C23H27N7O3. The monoisotopic (exact) mass is 449 g/mol. The third-order valence-corrected chi connectivity index (χ3v) is 6.37. The first-order valence-electron chi connectivity index (χ1n) is 11.1. The highest BCUT2D eigenvalue weighted by atomic mass is 16.5. The van der Waals surface area contributed by atoms with Gasteiger partial charge in [-0.2, -0.15) is 5.10 Å². The maximum Gasteiger partial charge on any atom is 0.272 e. The Morgan fingerprint density at radius 3 is 2.79 bits per heavy atom. The van der Waals surface area contributed by atoms with E-state index in [4.69, 9.17) is 4.74 Å². The number of rotatable bonds is 4. The van der Waals surface area contributed by atoms with E-state index in [0.717, 1.165) is 24.2 Å². The quantitative estimate of drug-likeness (QED) is 0.646. The zero-order valence-electron chi connectivity index (χ0n) is 18.8. The van der Waals surface area contributed by atoms with Gasteiger partial charge in [-0.15, -0.1) is 5.10 Å². The lowest BCUT2D eigenvalue weighted by Gasteiger charge is -2.44. The summed E-state index contributed by atoms with van der Waals surface area (Å²) in [5.74, 6) is -0.188. The fourth-order valence-corrected chi connectivity index (χ4v) is 4.68. The van der Waals surface area contributed by atoms with Gasteiger partial charge >= 0.3 is 0 Å². The number of nitrogens with zero attached hydrogens (tertiary/aromatic N) is 6. The van der Waals surface area contributed by atoms with Crippen LogP contribution < -0.4 is 5.32 Å². The Hall–Kier alpha value is -3.53. The number of aromatic nitrogens is 5. The Morgan fingerprint density at radius 2 is 2.03 bits per heavy atom. The average Bonchev–Trinajstić information content (AvgIpc) is 3.38. The number of ether oxygens (including phenoxy) is 1. The van der Waals surface area contributed by atoms with Crippen LogP contribution in [0.1, 0.15) is 50.8 Å². The zero-order valence-corrected chi connectivity index (χ0v) is 18.8. The van der Waals surface area contributed by atoms with Gasteiger partial charge in [-0.05, 0) is 38.0 Å². The van der Waals surface area contributed by atoms with Crippen LogP contribution in [-0.4, -0.2) is 60.2 Å². The number of carbonyl (C=O) groups excluding carboxylic acids is 2. The highest BCUT2D eigenvalue weighted by molar-refractivity contribution is 5.94. The number of piperidine rings is 1. The van der Waals surface area contributed by atoms with Gasteiger partial charge in [-0.1, -0.05) is 23.4 Å². The molecular weight excluding hydrogens is 422 g/mol. The maximum atomic E-state index is 13.1. The molecule has 1 aromatic carbocycles. The van der Waals surface area contributed by atoms with E-state index < -0.39 is 5.60 Å². The molecule has 2 aliphatic rings. The fourth-order valence-electron chi connectivity index (χ4n) is 4.68. The minimum Gasteiger partial charge on any atom is -0.365 e. The molecule has 10 nitrogen and oxygen atoms in total. The lowest BCUT2D eigenvalue weighted by atomic mass is 9.91. The molecule has 0 aliphatic carbocycles. The maximum absolute atomic E-state index is 13.1. The second-order valence-corrected chi connectivity index (χ2v) is 8.79. The molecule has 2 amide bonds. The van der Waals surface area contributed by atoms with Crippen LogP contribution in [0.2, 0.25) is 0 Å². The number of aryl methyl sites for hydroxylation is 2. The van der Waals surface area contributed by atoms with Crippen molar-refractivity contribution in [3.05, 3.63) is 64.7 Å². The summed E-state index contributed by atoms with van der Waals surface area (Å²) in [7, 11) is 1.79. The van der Waals surface area contributed by atoms with E-state index in [1.807, 2.05) is 40.8 Å². The first-order chi connectivity index (χ1) is 15.9. The van der Waals surface area contributed by atoms with Crippen LogP contribution in [0.3, 0.4) is 0 Å². The summed E-state index contributed by atoms with van der Waals surface area (Å²) >= 11 is 0. The first kappa shape index (κ1) is 21.3. The van der Waals surface area contributed by atoms with Gasteiger partial charge in [0.15, 0.2) is 0 Å². The molecule has 1 atom stereocenters. The summed E-state index contributed by atoms with van der Waals surface area (Å²) < 4.78 is 9.83. The highest BCUT2D eigenvalue weighted by Gasteiger charge is 2.43. The van der Waals surface area contributed by atoms with Crippen LogP contribution in [0.15, 0.2) is 36.4 Å². The number of fused-ring (bicyclic) bond motifs is 1. The van der Waals surface area contributed by atoms with E-state index >= 15 is 0 Å². The number of hydrogen-bond acceptors (Lipinski definition) is 6. The van der Waals surface area contributed by atoms with Gasteiger partial charge in [0.1, 0.15) is 17.0 Å². The molecule has 1 unspecified atom stereocenters. The molecule has 172 valence electrons. The molecule has 2 aliphatic heterocycles. The van der Waals surface area contributed by atoms with Crippen molar-refractivity contribution in [1.82, 2.24) is 35.0 Å². The normalized spacial score (nSPS) is 20.0. The topological polar surface area (TPSA) is 107 Å². The minimum atomic E-state index is -0.493. The van der Waals surface area contributed by atoms with Crippen LogP contribution in [-0.2, 0) is 31.5 Å². The summed E-state index contributed by atoms with van der Waals surface area (Å²) in [5.41, 5.74) is 3.07. The SMILES string of the molecule is Cc1cc(C(=O)N2CCCC3(C2)Cn2nnc(CNC(=O)c4ccccc4)c2CO3)n(C)n1. The van der Waals surface area contributed by atoms with Crippen LogP contribution in [0.4, 0.5) is 0 Å². The molecule has 2 aromatic heterocycles. The summed E-state index contributed by atoms with van der Waals surface area (Å²) in [6.45, 7) is 4.21. The van der Waals surface area contributed by atoms with Gasteiger partial charge in [-0.3, -0.25) is 14.3 Å². The Balaban J connectivity index is 1.26. The molecule has 0 radical (unpaired) electrons. The van der Waals surface area contributed by atoms with Gasteiger partial charge in [0.05, 0.1) is 37.6 Å². The summed E-state index contributed by atoms with van der Waals surface area (Å²) in [5, 5.41) is 15.8. The standard InChI is InChI=1S/C23H27N7O3/c1-16-11-19(28(2)26-16)22(32)29-10-6-9-23(14-29)15-30-20(13-33-23)18(25-27-30)12-24-21(31)17-7-4-3-5-8-17/h3-5,7-8,11H,6,9-10,12-15H2,1-2H3,(H,24,31). The van der Waals surface area contributed by atoms with Crippen LogP contribution >= 0.6 is 0 Å². The van der Waals surface area contributed by atoms with E-state index in [0.29, 0.717) is 43.2 Å². The van der Waals surface area contributed by atoms with E-state index in [2.05, 4.69) is 20.7 Å². The Morgan fingerprint density at radius 1 is 1.21 bits per heavy atom. The van der Waals surface area contributed by atoms with Gasteiger partial charge in [0, 0.05) is 19.2 Å². The molecule has 1 saturated heterocycles. The number of nitrogens with one attached hydrogen (secondary N) is 1. The number of hydrogen-bond donors (Lipinski definition) is 1. The number of carbonyl (C=O) groups is 2. The van der Waals surface area contributed by atoms with Crippen molar-refractivity contribution in [2.75, 3.05) is 13.1 Å². The molecule has 0 saturated carbocycles. The van der Waals surface area contributed by atoms with Crippen molar-refractivity contribution >= 4 is 11.8 Å². The van der Waals surface area contributed by atoms with Crippen LogP contribution in [0.25, 0.3) is 0 Å². The first-order valence-corrected chi connectivity index (χ1v) is 11.1. The molecule has 4 heterocycles. The minimum absolute atomic E-state index is 0.0329. The lowest BCUT2D eigenvalue weighted by molar-refractivity contribution is -0.122. The molecule has 1 fully saturated rings. The van der Waals surface area contributed by atoms with E-state index in [9.17, 15) is 9.59 Å². The third-order valence-electron chi connectivity index (χ3n) is 6.37. The number of benzene rings is 1. The average molecular weight is 450 g/mol. The van der Waals surface area contributed by atoms with E-state index in [1.54, 1.807) is 23.9 Å². The fraction of sp³-hybridized carbons (Fsp3) is 0.435. The van der Waals surface area contributed by atoms with Gasteiger partial charge in [0.25, 0.3) is 11.8 Å². The summed E-state index contributed by atoms with van der Waals surface area (Å²) in [6, 6.07) is 10.9. The predicted octanol–water partition coefficient (Wildman–Crippen LogP) is 1.46. The van der Waals surface area contributed by atoms with Crippen molar-refractivity contribution < 1.29 is 14.3 Å². The second-order valence-electron chi connectivity index (χ2n) is 8.79. The van der Waals surface area contributed by atoms with Gasteiger partial charge in [-0.25, -0.2) is 4.68 Å². The summed E-state index contributed by atoms with van der Waals surface area (Å²) in [4.78, 5) is 27.3. The molecule has 33 heavy (non-hydrogen) atoms. The van der Waals surface area contributed by atoms with Gasteiger partial charge in [0.2, 0.25) is 0 Å². The summed E-state index contributed by atoms with van der Waals surface area (Å²) in [6.07, 6.45) is 1.70. The molecule has 5 rings (SSSR count). The predicted molar refractivity (Wildman–Crippen MR) is 118 cm³/mol. The highest BCUT2D eigenvalue weighted by Crippen LogP contribution is 2.33.